The second kappa shape index (κ2) is 8.43. The fourth-order valence-corrected chi connectivity index (χ4v) is 4.17. The number of hydrogen-bond donors (Lipinski definition) is 1. The molecule has 4 rings (SSSR count). The van der Waals surface area contributed by atoms with Gasteiger partial charge in [0.25, 0.3) is 0 Å². The summed E-state index contributed by atoms with van der Waals surface area (Å²) in [6, 6.07) is 12.0. The van der Waals surface area contributed by atoms with Gasteiger partial charge in [0, 0.05) is 35.2 Å². The molecule has 28 heavy (non-hydrogen) atoms. The van der Waals surface area contributed by atoms with Gasteiger partial charge >= 0.3 is 0 Å². The van der Waals surface area contributed by atoms with Crippen molar-refractivity contribution in [2.24, 2.45) is 0 Å². The molecule has 1 aromatic carbocycles. The van der Waals surface area contributed by atoms with E-state index in [2.05, 4.69) is 27.4 Å². The van der Waals surface area contributed by atoms with Crippen LogP contribution in [0.15, 0.2) is 48.8 Å². The van der Waals surface area contributed by atoms with Gasteiger partial charge in [0.05, 0.1) is 26.2 Å². The first-order chi connectivity index (χ1) is 13.7. The molecule has 1 aliphatic heterocycles. The third kappa shape index (κ3) is 3.97. The third-order valence-electron chi connectivity index (χ3n) is 5.19. The van der Waals surface area contributed by atoms with Crippen molar-refractivity contribution in [2.75, 3.05) is 31.1 Å². The number of anilines is 1. The Balaban J connectivity index is 1.47. The SMILES string of the molecule is CCn1c(-c2ccncc2)nn(C[NH+]2CCN(c3cccc(Cl)c3)CC2)c1=S. The van der Waals surface area contributed by atoms with Crippen LogP contribution in [-0.2, 0) is 13.2 Å². The Labute approximate surface area is 175 Å². The smallest absolute Gasteiger partial charge is 0.203 e. The molecule has 0 radical (unpaired) electrons. The Kier molecular flexibility index (Phi) is 5.75. The van der Waals surface area contributed by atoms with E-state index in [0.29, 0.717) is 0 Å². The second-order valence-electron chi connectivity index (χ2n) is 6.96. The Hall–Kier alpha value is -2.22. The van der Waals surface area contributed by atoms with Gasteiger partial charge in [-0.15, -0.1) is 5.10 Å². The summed E-state index contributed by atoms with van der Waals surface area (Å²) in [7, 11) is 0. The maximum absolute atomic E-state index is 6.14. The van der Waals surface area contributed by atoms with E-state index in [0.717, 1.165) is 60.6 Å². The van der Waals surface area contributed by atoms with Gasteiger partial charge in [0.2, 0.25) is 4.77 Å². The van der Waals surface area contributed by atoms with Crippen molar-refractivity contribution in [1.29, 1.82) is 0 Å². The predicted octanol–water partition coefficient (Wildman–Crippen LogP) is 2.51. The first-order valence-corrected chi connectivity index (χ1v) is 10.4. The summed E-state index contributed by atoms with van der Waals surface area (Å²) in [5, 5.41) is 5.61. The van der Waals surface area contributed by atoms with Crippen LogP contribution in [-0.4, -0.2) is 45.5 Å². The maximum Gasteiger partial charge on any atom is 0.203 e. The molecule has 0 spiro atoms. The molecule has 0 unspecified atom stereocenters. The number of rotatable bonds is 5. The summed E-state index contributed by atoms with van der Waals surface area (Å²) in [6.07, 6.45) is 3.58. The van der Waals surface area contributed by atoms with Crippen LogP contribution in [0.4, 0.5) is 5.69 Å². The number of piperazine rings is 1. The normalized spacial score (nSPS) is 15.1. The summed E-state index contributed by atoms with van der Waals surface area (Å²) >= 11 is 11.8. The van der Waals surface area contributed by atoms with E-state index in [1.807, 2.05) is 35.0 Å². The van der Waals surface area contributed by atoms with Crippen LogP contribution in [0.1, 0.15) is 6.92 Å². The van der Waals surface area contributed by atoms with E-state index in [4.69, 9.17) is 28.9 Å². The van der Waals surface area contributed by atoms with Crippen LogP contribution in [0, 0.1) is 4.77 Å². The predicted molar refractivity (Wildman–Crippen MR) is 114 cm³/mol. The van der Waals surface area contributed by atoms with Crippen LogP contribution < -0.4 is 9.80 Å². The minimum Gasteiger partial charge on any atom is -0.360 e. The Bertz CT molecular complexity index is 991. The fourth-order valence-electron chi connectivity index (χ4n) is 3.67. The van der Waals surface area contributed by atoms with Gasteiger partial charge in [0.1, 0.15) is 0 Å². The molecule has 3 aromatic rings. The van der Waals surface area contributed by atoms with Crippen molar-refractivity contribution in [2.45, 2.75) is 20.1 Å². The summed E-state index contributed by atoms with van der Waals surface area (Å²) in [4.78, 5) is 7.97. The summed E-state index contributed by atoms with van der Waals surface area (Å²) in [5.74, 6) is 0.909. The van der Waals surface area contributed by atoms with E-state index >= 15 is 0 Å². The van der Waals surface area contributed by atoms with E-state index in [1.54, 1.807) is 12.4 Å². The second-order valence-corrected chi connectivity index (χ2v) is 7.76. The highest BCUT2D eigenvalue weighted by Gasteiger charge is 2.22. The van der Waals surface area contributed by atoms with Gasteiger partial charge < -0.3 is 14.4 Å². The van der Waals surface area contributed by atoms with Crippen molar-refractivity contribution < 1.29 is 4.90 Å². The molecular formula is C20H24ClN6S+. The molecule has 6 nitrogen and oxygen atoms in total. The zero-order valence-corrected chi connectivity index (χ0v) is 17.5. The average molecular weight is 416 g/mol. The Morgan fingerprint density at radius 3 is 2.57 bits per heavy atom. The monoisotopic (exact) mass is 415 g/mol. The minimum atomic E-state index is 0.777. The van der Waals surface area contributed by atoms with E-state index in [1.165, 1.54) is 10.6 Å². The summed E-state index contributed by atoms with van der Waals surface area (Å²) in [5.41, 5.74) is 2.24. The number of aromatic nitrogens is 4. The van der Waals surface area contributed by atoms with Crippen molar-refractivity contribution in [3.63, 3.8) is 0 Å². The van der Waals surface area contributed by atoms with Crippen molar-refractivity contribution in [3.8, 4) is 11.4 Å². The maximum atomic E-state index is 6.14. The molecular weight excluding hydrogens is 392 g/mol. The lowest BCUT2D eigenvalue weighted by molar-refractivity contribution is -0.924. The van der Waals surface area contributed by atoms with Gasteiger partial charge in [-0.25, -0.2) is 0 Å². The number of pyridine rings is 1. The molecule has 1 fully saturated rings. The number of quaternary nitrogens is 1. The van der Waals surface area contributed by atoms with E-state index in [-0.39, 0.29) is 0 Å². The van der Waals surface area contributed by atoms with Gasteiger partial charge in [-0.3, -0.25) is 4.98 Å². The molecule has 3 heterocycles. The highest BCUT2D eigenvalue weighted by molar-refractivity contribution is 7.71. The topological polar surface area (TPSA) is 43.3 Å². The van der Waals surface area contributed by atoms with Gasteiger partial charge in [-0.1, -0.05) is 17.7 Å². The molecule has 1 saturated heterocycles. The van der Waals surface area contributed by atoms with Crippen molar-refractivity contribution in [3.05, 3.63) is 58.6 Å². The molecule has 2 aromatic heterocycles. The number of nitrogens with zero attached hydrogens (tertiary/aromatic N) is 5. The van der Waals surface area contributed by atoms with Crippen molar-refractivity contribution in [1.82, 2.24) is 19.3 Å². The molecule has 0 bridgehead atoms. The molecule has 1 aliphatic rings. The zero-order valence-electron chi connectivity index (χ0n) is 15.9. The first kappa shape index (κ1) is 19.1. The fraction of sp³-hybridized carbons (Fsp3) is 0.350. The molecule has 0 aliphatic carbocycles. The molecule has 8 heteroatoms. The van der Waals surface area contributed by atoms with Crippen LogP contribution in [0.2, 0.25) is 5.02 Å². The van der Waals surface area contributed by atoms with Crippen LogP contribution in [0.25, 0.3) is 11.4 Å². The average Bonchev–Trinajstić information content (AvgIpc) is 3.04. The molecule has 0 saturated carbocycles. The summed E-state index contributed by atoms with van der Waals surface area (Å²) in [6.45, 7) is 7.75. The number of benzene rings is 1. The largest absolute Gasteiger partial charge is 0.360 e. The van der Waals surface area contributed by atoms with Crippen LogP contribution in [0.3, 0.4) is 0 Å². The lowest BCUT2D eigenvalue weighted by Gasteiger charge is -2.33. The van der Waals surface area contributed by atoms with Gasteiger partial charge in [0.15, 0.2) is 12.5 Å². The minimum absolute atomic E-state index is 0.777. The standard InChI is InChI=1S/C20H23ClN6S/c1-2-26-19(16-6-8-22-9-7-16)23-27(20(26)28)15-24-10-12-25(13-11-24)18-5-3-4-17(21)14-18/h3-9,14H,2,10-13,15H2,1H3/p+1. The quantitative estimate of drug-likeness (QED) is 0.650. The lowest BCUT2D eigenvalue weighted by Crippen LogP contribution is -3.14. The van der Waals surface area contributed by atoms with Crippen LogP contribution in [0.5, 0.6) is 0 Å². The number of hydrogen-bond acceptors (Lipinski definition) is 4. The highest BCUT2D eigenvalue weighted by atomic mass is 35.5. The zero-order chi connectivity index (χ0) is 19.5. The molecule has 0 atom stereocenters. The number of halogens is 1. The van der Waals surface area contributed by atoms with E-state index in [9.17, 15) is 0 Å². The number of nitrogens with one attached hydrogen (secondary N) is 1. The van der Waals surface area contributed by atoms with Crippen LogP contribution >= 0.6 is 23.8 Å². The lowest BCUT2D eigenvalue weighted by atomic mass is 10.2. The third-order valence-corrected chi connectivity index (χ3v) is 5.86. The molecule has 0 amide bonds. The Morgan fingerprint density at radius 1 is 1.14 bits per heavy atom. The Morgan fingerprint density at radius 2 is 1.89 bits per heavy atom. The highest BCUT2D eigenvalue weighted by Crippen LogP contribution is 2.19. The first-order valence-electron chi connectivity index (χ1n) is 9.58. The van der Waals surface area contributed by atoms with Gasteiger partial charge in [-0.2, -0.15) is 4.68 Å². The van der Waals surface area contributed by atoms with Crippen molar-refractivity contribution >= 4 is 29.5 Å². The molecule has 146 valence electrons. The van der Waals surface area contributed by atoms with Gasteiger partial charge in [-0.05, 0) is 49.5 Å². The van der Waals surface area contributed by atoms with E-state index < -0.39 is 0 Å². The summed E-state index contributed by atoms with van der Waals surface area (Å²) < 4.78 is 4.84. The molecule has 1 N–H and O–H groups in total.